The zero-order chi connectivity index (χ0) is 47.1. The quantitative estimate of drug-likeness (QED) is 0.0711. The van der Waals surface area contributed by atoms with Gasteiger partial charge in [-0.05, 0) is 118 Å². The number of aromatic nitrogens is 1. The molecule has 348 valence electrons. The van der Waals surface area contributed by atoms with Crippen LogP contribution >= 0.6 is 22.9 Å². The van der Waals surface area contributed by atoms with Gasteiger partial charge in [-0.2, -0.15) is 4.31 Å². The molecule has 0 bridgehead atoms. The van der Waals surface area contributed by atoms with Crippen LogP contribution < -0.4 is 20.7 Å². The first kappa shape index (κ1) is 46.6. The van der Waals surface area contributed by atoms with Crippen molar-refractivity contribution in [3.05, 3.63) is 99.5 Å². The zero-order valence-corrected chi connectivity index (χ0v) is 39.0. The minimum atomic E-state index is -3.79. The predicted octanol–water partition coefficient (Wildman–Crippen LogP) is 8.07. The summed E-state index contributed by atoms with van der Waals surface area (Å²) in [6.07, 6.45) is 3.32. The number of likely N-dealkylation sites (tertiary alicyclic amines) is 1. The average Bonchev–Trinajstić information content (AvgIpc) is 3.77. The van der Waals surface area contributed by atoms with Crippen LogP contribution in [-0.4, -0.2) is 100 Å². The van der Waals surface area contributed by atoms with Crippen LogP contribution in [0.15, 0.2) is 72.8 Å². The number of carbonyl (C=O) groups excluding carboxylic acids is 3. The van der Waals surface area contributed by atoms with Crippen molar-refractivity contribution in [1.29, 1.82) is 0 Å². The maximum atomic E-state index is 14.0. The summed E-state index contributed by atoms with van der Waals surface area (Å²) in [6.45, 7) is 6.38. The smallest absolute Gasteiger partial charge is 0.349 e. The van der Waals surface area contributed by atoms with Crippen molar-refractivity contribution in [3.8, 4) is 16.2 Å². The molecule has 5 heterocycles. The van der Waals surface area contributed by atoms with E-state index in [-0.39, 0.29) is 57.8 Å². The number of nitrogens with zero attached hydrogens (tertiary/aromatic N) is 3. The lowest BCUT2D eigenvalue weighted by atomic mass is 9.89. The van der Waals surface area contributed by atoms with Gasteiger partial charge in [-0.25, -0.2) is 22.8 Å². The lowest BCUT2D eigenvalue weighted by molar-refractivity contribution is -0.139. The second kappa shape index (κ2) is 18.7. The van der Waals surface area contributed by atoms with Crippen LogP contribution in [0, 0.1) is 6.92 Å². The van der Waals surface area contributed by atoms with Crippen molar-refractivity contribution < 1.29 is 47.3 Å². The highest BCUT2D eigenvalue weighted by Gasteiger charge is 2.42. The Hall–Kier alpha value is -5.95. The molecule has 0 saturated carbocycles. The Bertz CT molecular complexity index is 2850. The van der Waals surface area contributed by atoms with Crippen LogP contribution in [0.25, 0.3) is 21.3 Å². The van der Waals surface area contributed by atoms with Crippen molar-refractivity contribution in [3.63, 3.8) is 0 Å². The van der Waals surface area contributed by atoms with Gasteiger partial charge < -0.3 is 35.1 Å². The number of aliphatic carboxylic acids is 1. The number of carboxylic acid groups (broad SMARTS) is 2. The first-order valence-corrected chi connectivity index (χ1v) is 24.5. The predicted molar refractivity (Wildman–Crippen MR) is 252 cm³/mol. The number of ether oxygens (including phenoxy) is 1. The molecule has 3 aromatic carbocycles. The summed E-state index contributed by atoms with van der Waals surface area (Å²) in [4.78, 5) is 62.9. The molecular formula is C47H51ClN6O10S2. The fraction of sp³-hybridized carbons (Fsp3) is 0.383. The van der Waals surface area contributed by atoms with E-state index in [0.717, 1.165) is 46.5 Å². The van der Waals surface area contributed by atoms with Crippen LogP contribution in [0.1, 0.15) is 90.8 Å². The Morgan fingerprint density at radius 2 is 1.68 bits per heavy atom. The Morgan fingerprint density at radius 3 is 2.39 bits per heavy atom. The number of sulfonamides is 1. The van der Waals surface area contributed by atoms with Gasteiger partial charge in [-0.1, -0.05) is 41.9 Å². The molecule has 1 unspecified atom stereocenters. The fourth-order valence-electron chi connectivity index (χ4n) is 9.63. The molecule has 2 aromatic heterocycles. The topological polar surface area (TPSA) is 217 Å². The van der Waals surface area contributed by atoms with Gasteiger partial charge >= 0.3 is 18.0 Å². The molecule has 3 saturated heterocycles. The van der Waals surface area contributed by atoms with Crippen molar-refractivity contribution in [2.75, 3.05) is 36.9 Å². The van der Waals surface area contributed by atoms with Gasteiger partial charge in [-0.15, -0.1) is 11.3 Å². The molecule has 0 radical (unpaired) electrons. The van der Waals surface area contributed by atoms with Gasteiger partial charge in [0, 0.05) is 65.6 Å². The molecule has 5 aromatic rings. The Labute approximate surface area is 390 Å². The number of carboxylic acids is 2. The summed E-state index contributed by atoms with van der Waals surface area (Å²) in [7, 11) is -3.79. The van der Waals surface area contributed by atoms with E-state index in [2.05, 4.69) is 34.1 Å². The molecular weight excluding hydrogens is 908 g/mol. The summed E-state index contributed by atoms with van der Waals surface area (Å²) in [5, 5.41) is 28.7. The Kier molecular flexibility index (Phi) is 13.2. The third-order valence-corrected chi connectivity index (χ3v) is 16.4. The summed E-state index contributed by atoms with van der Waals surface area (Å²) >= 11 is 7.41. The van der Waals surface area contributed by atoms with E-state index < -0.39 is 40.1 Å². The number of fused-ring (bicyclic) bond motifs is 1. The standard InChI is InChI=1S/C47H51ClN6O10S2/c1-27-20-32-22-30(10-11-36(32)54(27)37-12-13-38(55)51-44(37)58)29-14-17-52(18-15-29)46(61)50-33-8-4-6-28(21-33)26-66(62,63)53-19-16-35(24-47(53,2)3)49-34-9-5-7-31(23-34)42-40(48)41(64-25-39(56)57)43(65-42)45(59)60/h4-11,20-23,29,35,37,49H,12-19,24-26H2,1-3H3,(H,50,61)(H,56,57)(H,59,60)(H,51,55,58)/t35-,37?/m0/s1. The number of carbonyl (C=O) groups is 5. The number of aryl methyl sites for hydroxylation is 1. The number of aromatic carboxylic acids is 1. The summed E-state index contributed by atoms with van der Waals surface area (Å²) in [6, 6.07) is 21.7. The molecule has 66 heavy (non-hydrogen) atoms. The summed E-state index contributed by atoms with van der Waals surface area (Å²) in [5.41, 5.74) is 4.71. The molecule has 0 aliphatic carbocycles. The maximum Gasteiger partial charge on any atom is 0.349 e. The molecule has 8 rings (SSSR count). The van der Waals surface area contributed by atoms with E-state index in [4.69, 9.17) is 21.4 Å². The second-order valence-electron chi connectivity index (χ2n) is 17.8. The monoisotopic (exact) mass is 958 g/mol. The molecule has 5 N–H and O–H groups in total. The number of halogens is 1. The van der Waals surface area contributed by atoms with Crippen LogP contribution in [0.4, 0.5) is 16.2 Å². The second-order valence-corrected chi connectivity index (χ2v) is 21.1. The van der Waals surface area contributed by atoms with Crippen LogP contribution in [0.3, 0.4) is 0 Å². The van der Waals surface area contributed by atoms with E-state index >= 15 is 0 Å². The molecule has 2 atom stereocenters. The Morgan fingerprint density at radius 1 is 0.939 bits per heavy atom. The lowest BCUT2D eigenvalue weighted by Crippen LogP contribution is -2.55. The summed E-state index contributed by atoms with van der Waals surface area (Å²) < 4.78 is 36.9. The number of rotatable bonds is 13. The molecule has 3 aliphatic rings. The molecule has 19 heteroatoms. The van der Waals surface area contributed by atoms with Gasteiger partial charge in [0.15, 0.2) is 17.2 Å². The fourth-order valence-corrected chi connectivity index (χ4v) is 13.0. The van der Waals surface area contributed by atoms with E-state index in [1.807, 2.05) is 43.5 Å². The third kappa shape index (κ3) is 9.91. The maximum absolute atomic E-state index is 14.0. The normalized spacial score (nSPS) is 19.4. The number of hydrogen-bond donors (Lipinski definition) is 5. The van der Waals surface area contributed by atoms with Crippen LogP contribution in [-0.2, 0) is 30.2 Å². The number of anilines is 2. The van der Waals surface area contributed by atoms with Crippen LogP contribution in [0.2, 0.25) is 5.02 Å². The number of imide groups is 1. The van der Waals surface area contributed by atoms with Crippen molar-refractivity contribution >= 4 is 85.0 Å². The molecule has 0 spiro atoms. The SMILES string of the molecule is Cc1cc2cc(C3CCN(C(=O)Nc4cccc(CS(=O)(=O)N5CC[C@H](Nc6cccc(-c7sc(C(=O)O)c(OCC(=O)O)c7Cl)c6)CC5(C)C)c4)CC3)ccc2n1C1CCC(=O)NC1=O. The van der Waals surface area contributed by atoms with Crippen molar-refractivity contribution in [2.45, 2.75) is 88.6 Å². The first-order chi connectivity index (χ1) is 31.4. The zero-order valence-electron chi connectivity index (χ0n) is 36.6. The van der Waals surface area contributed by atoms with Crippen molar-refractivity contribution in [1.82, 2.24) is 19.1 Å². The van der Waals surface area contributed by atoms with E-state index in [1.54, 1.807) is 45.6 Å². The van der Waals surface area contributed by atoms with Gasteiger partial charge in [0.2, 0.25) is 21.8 Å². The van der Waals surface area contributed by atoms with Gasteiger partial charge in [0.05, 0.1) is 10.6 Å². The van der Waals surface area contributed by atoms with E-state index in [9.17, 15) is 37.5 Å². The minimum absolute atomic E-state index is 0.00390. The number of benzene rings is 3. The average molecular weight is 960 g/mol. The Balaban J connectivity index is 0.851. The van der Waals surface area contributed by atoms with Gasteiger partial charge in [0.1, 0.15) is 11.1 Å². The lowest BCUT2D eigenvalue weighted by Gasteiger charge is -2.45. The molecule has 4 amide bonds. The van der Waals surface area contributed by atoms with Gasteiger partial charge in [0.25, 0.3) is 0 Å². The first-order valence-electron chi connectivity index (χ1n) is 21.7. The number of nitrogens with one attached hydrogen (secondary N) is 3. The number of urea groups is 1. The summed E-state index contributed by atoms with van der Waals surface area (Å²) in [5.74, 6) is -3.28. The van der Waals surface area contributed by atoms with Crippen LogP contribution in [0.5, 0.6) is 5.75 Å². The number of amides is 4. The number of piperidine rings is 3. The highest BCUT2D eigenvalue weighted by molar-refractivity contribution is 7.88. The van der Waals surface area contributed by atoms with E-state index in [0.29, 0.717) is 60.5 Å². The third-order valence-electron chi connectivity index (χ3n) is 12.6. The molecule has 16 nitrogen and oxygen atoms in total. The molecule has 3 aliphatic heterocycles. The highest BCUT2D eigenvalue weighted by Crippen LogP contribution is 2.46. The van der Waals surface area contributed by atoms with Crippen molar-refractivity contribution in [2.24, 2.45) is 0 Å². The van der Waals surface area contributed by atoms with E-state index in [1.165, 1.54) is 5.56 Å². The number of hydrogen-bond acceptors (Lipinski definition) is 10. The largest absolute Gasteiger partial charge is 0.479 e. The number of thiophene rings is 1. The highest BCUT2D eigenvalue weighted by atomic mass is 35.5. The minimum Gasteiger partial charge on any atom is -0.479 e. The van der Waals surface area contributed by atoms with Gasteiger partial charge in [-0.3, -0.25) is 14.9 Å². The molecule has 3 fully saturated rings.